The summed E-state index contributed by atoms with van der Waals surface area (Å²) < 4.78 is 6.97. The van der Waals surface area contributed by atoms with Gasteiger partial charge in [-0.05, 0) is 61.9 Å². The Kier molecular flexibility index (Phi) is 7.95. The minimum atomic E-state index is -0.522. The lowest BCUT2D eigenvalue weighted by Crippen LogP contribution is -2.22. The van der Waals surface area contributed by atoms with Crippen molar-refractivity contribution in [3.63, 3.8) is 0 Å². The van der Waals surface area contributed by atoms with Crippen molar-refractivity contribution in [1.29, 1.82) is 0 Å². The number of hydrogen-bond donors (Lipinski definition) is 1. The van der Waals surface area contributed by atoms with Crippen LogP contribution in [-0.2, 0) is 20.9 Å². The van der Waals surface area contributed by atoms with Crippen molar-refractivity contribution < 1.29 is 14.3 Å². The van der Waals surface area contributed by atoms with Crippen LogP contribution in [-0.4, -0.2) is 39.0 Å². The molecule has 1 amide bonds. The summed E-state index contributed by atoms with van der Waals surface area (Å²) in [5, 5.41) is 12.9. The number of thioether (sulfide) groups is 1. The van der Waals surface area contributed by atoms with Gasteiger partial charge in [0, 0.05) is 27.8 Å². The van der Waals surface area contributed by atoms with Crippen LogP contribution < -0.4 is 5.32 Å². The molecule has 0 bridgehead atoms. The van der Waals surface area contributed by atoms with Crippen LogP contribution in [0, 0.1) is 6.92 Å². The summed E-state index contributed by atoms with van der Waals surface area (Å²) in [6.45, 7) is 4.05. The zero-order valence-electron chi connectivity index (χ0n) is 16.9. The lowest BCUT2D eigenvalue weighted by molar-refractivity contribution is -0.144. The first kappa shape index (κ1) is 23.1. The van der Waals surface area contributed by atoms with Crippen LogP contribution in [0.2, 0.25) is 10.0 Å². The highest BCUT2D eigenvalue weighted by Crippen LogP contribution is 2.25. The largest absolute Gasteiger partial charge is 0.455 e. The standard InChI is InChI=1S/C21H20Cl2N4O3S/c1-3-27-20(14-4-6-15(22)7-5-14)25-26-21(27)31-12-19(29)30-11-18(28)24-17-9-8-16(23)10-13(17)2/h4-10H,3,11-12H2,1-2H3,(H,24,28). The van der Waals surface area contributed by atoms with Crippen LogP contribution >= 0.6 is 35.0 Å². The molecule has 0 spiro atoms. The predicted molar refractivity (Wildman–Crippen MR) is 123 cm³/mol. The van der Waals surface area contributed by atoms with E-state index in [1.54, 1.807) is 30.3 Å². The highest BCUT2D eigenvalue weighted by Gasteiger charge is 2.16. The molecule has 7 nitrogen and oxygen atoms in total. The maximum Gasteiger partial charge on any atom is 0.316 e. The Bertz CT molecular complexity index is 1090. The molecule has 2 aromatic carbocycles. The second-order valence-electron chi connectivity index (χ2n) is 6.51. The number of anilines is 1. The fourth-order valence-corrected chi connectivity index (χ4v) is 3.91. The average molecular weight is 479 g/mol. The van der Waals surface area contributed by atoms with Crippen molar-refractivity contribution in [3.8, 4) is 11.4 Å². The molecule has 0 saturated heterocycles. The summed E-state index contributed by atoms with van der Waals surface area (Å²) >= 11 is 13.0. The maximum atomic E-state index is 12.1. The molecule has 162 valence electrons. The van der Waals surface area contributed by atoms with Crippen molar-refractivity contribution >= 4 is 52.5 Å². The molecule has 3 aromatic rings. The van der Waals surface area contributed by atoms with Crippen LogP contribution in [0.4, 0.5) is 5.69 Å². The highest BCUT2D eigenvalue weighted by molar-refractivity contribution is 7.99. The van der Waals surface area contributed by atoms with Gasteiger partial charge < -0.3 is 14.6 Å². The topological polar surface area (TPSA) is 86.1 Å². The van der Waals surface area contributed by atoms with E-state index in [4.69, 9.17) is 27.9 Å². The van der Waals surface area contributed by atoms with Gasteiger partial charge in [0.25, 0.3) is 5.91 Å². The quantitative estimate of drug-likeness (QED) is 0.367. The Balaban J connectivity index is 1.52. The van der Waals surface area contributed by atoms with Gasteiger partial charge in [-0.25, -0.2) is 0 Å². The third-order valence-corrected chi connectivity index (χ3v) is 5.71. The Hall–Kier alpha value is -2.55. The minimum Gasteiger partial charge on any atom is -0.455 e. The third-order valence-electron chi connectivity index (χ3n) is 4.28. The molecule has 3 rings (SSSR count). The van der Waals surface area contributed by atoms with Gasteiger partial charge in [-0.15, -0.1) is 10.2 Å². The smallest absolute Gasteiger partial charge is 0.316 e. The first-order valence-corrected chi connectivity index (χ1v) is 11.1. The summed E-state index contributed by atoms with van der Waals surface area (Å²) in [5.41, 5.74) is 2.31. The minimum absolute atomic E-state index is 0.00596. The first-order chi connectivity index (χ1) is 14.9. The molecule has 0 unspecified atom stereocenters. The number of carbonyl (C=O) groups is 2. The van der Waals surface area contributed by atoms with Gasteiger partial charge in [-0.2, -0.15) is 0 Å². The number of aryl methyl sites for hydroxylation is 1. The van der Waals surface area contributed by atoms with Crippen LogP contribution in [0.1, 0.15) is 12.5 Å². The van der Waals surface area contributed by atoms with Gasteiger partial charge in [0.15, 0.2) is 17.6 Å². The Labute approximate surface area is 194 Å². The van der Waals surface area contributed by atoms with Gasteiger partial charge in [0.1, 0.15) is 0 Å². The molecule has 10 heteroatoms. The van der Waals surface area contributed by atoms with E-state index in [9.17, 15) is 9.59 Å². The number of nitrogens with one attached hydrogen (secondary N) is 1. The number of hydrogen-bond acceptors (Lipinski definition) is 6. The number of carbonyl (C=O) groups excluding carboxylic acids is 2. The zero-order valence-corrected chi connectivity index (χ0v) is 19.2. The predicted octanol–water partition coefficient (Wildman–Crippen LogP) is 4.85. The normalized spacial score (nSPS) is 10.7. The van der Waals surface area contributed by atoms with Crippen molar-refractivity contribution in [2.75, 3.05) is 17.7 Å². The van der Waals surface area contributed by atoms with Gasteiger partial charge in [0.05, 0.1) is 5.75 Å². The number of amides is 1. The fraction of sp³-hybridized carbons (Fsp3) is 0.238. The number of benzene rings is 2. The first-order valence-electron chi connectivity index (χ1n) is 9.41. The van der Waals surface area contributed by atoms with Crippen molar-refractivity contribution in [1.82, 2.24) is 14.8 Å². The second-order valence-corrected chi connectivity index (χ2v) is 8.33. The van der Waals surface area contributed by atoms with E-state index in [-0.39, 0.29) is 12.4 Å². The molecular formula is C21H20Cl2N4O3S. The molecule has 0 fully saturated rings. The third kappa shape index (κ3) is 6.22. The lowest BCUT2D eigenvalue weighted by Gasteiger charge is -2.09. The van der Waals surface area contributed by atoms with Crippen LogP contribution in [0.3, 0.4) is 0 Å². The summed E-state index contributed by atoms with van der Waals surface area (Å²) in [6.07, 6.45) is 0. The maximum absolute atomic E-state index is 12.1. The highest BCUT2D eigenvalue weighted by atomic mass is 35.5. The monoisotopic (exact) mass is 478 g/mol. The molecule has 0 aliphatic rings. The Morgan fingerprint density at radius 1 is 1.10 bits per heavy atom. The summed E-state index contributed by atoms with van der Waals surface area (Å²) in [6, 6.07) is 12.4. The van der Waals surface area contributed by atoms with Crippen LogP contribution in [0.15, 0.2) is 47.6 Å². The van der Waals surface area contributed by atoms with E-state index in [0.717, 1.165) is 11.1 Å². The van der Waals surface area contributed by atoms with Crippen molar-refractivity contribution in [2.45, 2.75) is 25.5 Å². The molecule has 0 radical (unpaired) electrons. The number of esters is 1. The SMILES string of the molecule is CCn1c(SCC(=O)OCC(=O)Nc2ccc(Cl)cc2C)nnc1-c1ccc(Cl)cc1. The average Bonchev–Trinajstić information content (AvgIpc) is 3.16. The summed E-state index contributed by atoms with van der Waals surface area (Å²) in [7, 11) is 0. The Morgan fingerprint density at radius 3 is 2.48 bits per heavy atom. The van der Waals surface area contributed by atoms with E-state index < -0.39 is 11.9 Å². The van der Waals surface area contributed by atoms with E-state index in [2.05, 4.69) is 15.5 Å². The molecule has 0 saturated carbocycles. The summed E-state index contributed by atoms with van der Waals surface area (Å²) in [4.78, 5) is 24.1. The van der Waals surface area contributed by atoms with Gasteiger partial charge in [-0.3, -0.25) is 9.59 Å². The number of halogens is 2. The number of rotatable bonds is 8. The Morgan fingerprint density at radius 2 is 1.81 bits per heavy atom. The number of ether oxygens (including phenoxy) is 1. The number of nitrogens with zero attached hydrogens (tertiary/aromatic N) is 3. The zero-order chi connectivity index (χ0) is 22.4. The molecule has 1 aromatic heterocycles. The van der Waals surface area contributed by atoms with Gasteiger partial charge in [0.2, 0.25) is 0 Å². The van der Waals surface area contributed by atoms with Crippen molar-refractivity contribution in [2.24, 2.45) is 0 Å². The second kappa shape index (κ2) is 10.7. The van der Waals surface area contributed by atoms with Crippen molar-refractivity contribution in [3.05, 3.63) is 58.1 Å². The summed E-state index contributed by atoms with van der Waals surface area (Å²) in [5.74, 6) is -0.253. The molecule has 0 aliphatic carbocycles. The molecule has 0 atom stereocenters. The van der Waals surface area contributed by atoms with E-state index in [0.29, 0.717) is 33.3 Å². The molecule has 0 aliphatic heterocycles. The van der Waals surface area contributed by atoms with Crippen LogP contribution in [0.5, 0.6) is 0 Å². The lowest BCUT2D eigenvalue weighted by atomic mass is 10.2. The fourth-order valence-electron chi connectivity index (χ4n) is 2.76. The molecule has 1 N–H and O–H groups in total. The van der Waals surface area contributed by atoms with E-state index in [1.807, 2.05) is 30.5 Å². The number of aromatic nitrogens is 3. The molecule has 31 heavy (non-hydrogen) atoms. The van der Waals surface area contributed by atoms with E-state index >= 15 is 0 Å². The van der Waals surface area contributed by atoms with E-state index in [1.165, 1.54) is 11.8 Å². The molecule has 1 heterocycles. The van der Waals surface area contributed by atoms with Crippen LogP contribution in [0.25, 0.3) is 11.4 Å². The van der Waals surface area contributed by atoms with Gasteiger partial charge >= 0.3 is 5.97 Å². The van der Waals surface area contributed by atoms with Gasteiger partial charge in [-0.1, -0.05) is 35.0 Å². The molecular weight excluding hydrogens is 459 g/mol.